The summed E-state index contributed by atoms with van der Waals surface area (Å²) in [5.74, 6) is -7.67. The maximum atomic E-state index is 13.4. The molecule has 262 valence electrons. The van der Waals surface area contributed by atoms with Gasteiger partial charge in [-0.1, -0.05) is 87.9 Å². The van der Waals surface area contributed by atoms with Crippen LogP contribution in [0.5, 0.6) is 0 Å². The molecule has 6 N–H and O–H groups in total. The number of carbonyl (C=O) groups is 5. The number of unbranched alkanes of at least 4 members (excludes halogenated alkanes) is 8. The summed E-state index contributed by atoms with van der Waals surface area (Å²) < 4.78 is 0. The molecule has 0 heterocycles. The number of carbonyl (C=O) groups excluding carboxylic acids is 2. The highest BCUT2D eigenvalue weighted by Crippen LogP contribution is 2.26. The standard InChI is InChI=1S/C37H50N2O9/c1-2-3-4-7-13-18-30(40)19-14-8-5-6-9-15-20-31(37(48,36(46)47)26-33(41)42)34(43)39-32(35(44)45)25-27-21-23-29(24-22-27)38-28-16-11-10-12-17-28/h10-12,15-17,20-24,31-32,38,48H,2-9,13-14,18-19,25-26H2,1H3,(H,39,43)(H,41,42)(H,44,45)(H,46,47)/b20-15+/t31-,32-,37-/m0/s1. The molecule has 0 fully saturated rings. The summed E-state index contributed by atoms with van der Waals surface area (Å²) >= 11 is 0. The van der Waals surface area contributed by atoms with E-state index in [1.807, 2.05) is 30.3 Å². The van der Waals surface area contributed by atoms with Crippen molar-refractivity contribution in [2.75, 3.05) is 5.32 Å². The molecule has 0 radical (unpaired) electrons. The highest BCUT2D eigenvalue weighted by molar-refractivity contribution is 5.94. The Morgan fingerprint density at radius 3 is 1.92 bits per heavy atom. The highest BCUT2D eigenvalue weighted by Gasteiger charge is 2.49. The van der Waals surface area contributed by atoms with E-state index in [4.69, 9.17) is 0 Å². The molecule has 0 aliphatic carbocycles. The fourth-order valence-corrected chi connectivity index (χ4v) is 5.34. The topological polar surface area (TPSA) is 190 Å². The Hall–Kier alpha value is -4.51. The quantitative estimate of drug-likeness (QED) is 0.0520. The number of ketones is 1. The summed E-state index contributed by atoms with van der Waals surface area (Å²) in [6.45, 7) is 2.15. The van der Waals surface area contributed by atoms with Crippen LogP contribution in [0.2, 0.25) is 0 Å². The van der Waals surface area contributed by atoms with Crippen LogP contribution < -0.4 is 10.6 Å². The van der Waals surface area contributed by atoms with Gasteiger partial charge in [0, 0.05) is 30.6 Å². The Bertz CT molecular complexity index is 1340. The number of rotatable bonds is 25. The van der Waals surface area contributed by atoms with Crippen molar-refractivity contribution in [1.29, 1.82) is 0 Å². The number of amides is 1. The highest BCUT2D eigenvalue weighted by atomic mass is 16.4. The van der Waals surface area contributed by atoms with Crippen molar-refractivity contribution in [1.82, 2.24) is 5.32 Å². The lowest BCUT2D eigenvalue weighted by molar-refractivity contribution is -0.172. The van der Waals surface area contributed by atoms with Crippen molar-refractivity contribution >= 4 is 41.0 Å². The van der Waals surface area contributed by atoms with Crippen LogP contribution in [-0.2, 0) is 30.4 Å². The van der Waals surface area contributed by atoms with E-state index >= 15 is 0 Å². The predicted molar refractivity (Wildman–Crippen MR) is 183 cm³/mol. The summed E-state index contributed by atoms with van der Waals surface area (Å²) in [5, 5.41) is 45.4. The van der Waals surface area contributed by atoms with Crippen LogP contribution in [-0.4, -0.2) is 61.7 Å². The van der Waals surface area contributed by atoms with Gasteiger partial charge in [-0.05, 0) is 55.5 Å². The predicted octanol–water partition coefficient (Wildman–Crippen LogP) is 6.28. The van der Waals surface area contributed by atoms with Gasteiger partial charge in [-0.15, -0.1) is 0 Å². The lowest BCUT2D eigenvalue weighted by Gasteiger charge is -2.29. The molecule has 11 heteroatoms. The van der Waals surface area contributed by atoms with E-state index in [9.17, 15) is 44.4 Å². The second kappa shape index (κ2) is 21.4. The van der Waals surface area contributed by atoms with E-state index in [0.29, 0.717) is 31.2 Å². The van der Waals surface area contributed by atoms with Crippen molar-refractivity contribution < 1.29 is 44.4 Å². The summed E-state index contributed by atoms with van der Waals surface area (Å²) in [6.07, 6.45) is 11.3. The molecule has 48 heavy (non-hydrogen) atoms. The van der Waals surface area contributed by atoms with Gasteiger partial charge in [0.2, 0.25) is 5.91 Å². The zero-order valence-electron chi connectivity index (χ0n) is 27.7. The average Bonchev–Trinajstić information content (AvgIpc) is 3.04. The number of carboxylic acids is 3. The minimum Gasteiger partial charge on any atom is -0.481 e. The normalized spacial score (nSPS) is 13.7. The van der Waals surface area contributed by atoms with Crippen LogP contribution in [0.3, 0.4) is 0 Å². The smallest absolute Gasteiger partial charge is 0.337 e. The van der Waals surface area contributed by atoms with Crippen LogP contribution in [0.4, 0.5) is 11.4 Å². The Kier molecular flexibility index (Phi) is 17.7. The zero-order chi connectivity index (χ0) is 35.4. The number of aliphatic hydroxyl groups is 1. The molecule has 0 spiro atoms. The zero-order valence-corrected chi connectivity index (χ0v) is 27.7. The first-order valence-electron chi connectivity index (χ1n) is 16.8. The number of anilines is 2. The molecule has 1 amide bonds. The van der Waals surface area contributed by atoms with Crippen LogP contribution in [0, 0.1) is 5.92 Å². The van der Waals surface area contributed by atoms with E-state index in [2.05, 4.69) is 17.6 Å². The fourth-order valence-electron chi connectivity index (χ4n) is 5.34. The second-order valence-corrected chi connectivity index (χ2v) is 12.2. The first-order chi connectivity index (χ1) is 23.0. The minimum absolute atomic E-state index is 0.144. The van der Waals surface area contributed by atoms with Gasteiger partial charge in [0.25, 0.3) is 0 Å². The van der Waals surface area contributed by atoms with E-state index in [-0.39, 0.29) is 12.2 Å². The van der Waals surface area contributed by atoms with E-state index in [1.54, 1.807) is 24.3 Å². The largest absolute Gasteiger partial charge is 0.481 e. The Morgan fingerprint density at radius 1 is 0.771 bits per heavy atom. The number of Topliss-reactive ketones (excluding diaryl/α,β-unsaturated/α-hetero) is 1. The van der Waals surface area contributed by atoms with Gasteiger partial charge in [-0.25, -0.2) is 9.59 Å². The second-order valence-electron chi connectivity index (χ2n) is 12.2. The van der Waals surface area contributed by atoms with Gasteiger partial charge in [0.05, 0.1) is 12.3 Å². The molecule has 0 aliphatic heterocycles. The summed E-state index contributed by atoms with van der Waals surface area (Å²) in [6, 6.07) is 14.8. The molecule has 0 bridgehead atoms. The molecule has 2 aromatic rings. The first-order valence-corrected chi connectivity index (χ1v) is 16.8. The Balaban J connectivity index is 2.00. The van der Waals surface area contributed by atoms with Crippen LogP contribution >= 0.6 is 0 Å². The molecule has 0 aliphatic rings. The first kappa shape index (κ1) is 39.7. The average molecular weight is 667 g/mol. The third-order valence-electron chi connectivity index (χ3n) is 8.12. The van der Waals surface area contributed by atoms with Gasteiger partial charge < -0.3 is 31.1 Å². The molecular weight excluding hydrogens is 616 g/mol. The maximum absolute atomic E-state index is 13.4. The van der Waals surface area contributed by atoms with Crippen molar-refractivity contribution in [2.24, 2.45) is 5.92 Å². The van der Waals surface area contributed by atoms with Crippen molar-refractivity contribution in [3.63, 3.8) is 0 Å². The lowest BCUT2D eigenvalue weighted by Crippen LogP contribution is -2.55. The van der Waals surface area contributed by atoms with E-state index in [0.717, 1.165) is 62.4 Å². The minimum atomic E-state index is -3.02. The molecule has 2 aromatic carbocycles. The van der Waals surface area contributed by atoms with Gasteiger partial charge in [-0.2, -0.15) is 0 Å². The van der Waals surface area contributed by atoms with E-state index < -0.39 is 47.8 Å². The number of benzene rings is 2. The number of aliphatic carboxylic acids is 3. The number of allylic oxidation sites excluding steroid dienone is 1. The third kappa shape index (κ3) is 14.5. The van der Waals surface area contributed by atoms with E-state index in [1.165, 1.54) is 12.5 Å². The SMILES string of the molecule is CCCCCCCC(=O)CCCCCC/C=C/[C@@H](C(=O)N[C@@H](Cc1ccc(Nc2ccccc2)cc1)C(=O)O)[C@@](O)(CC(=O)O)C(=O)O. The number of para-hydroxylation sites is 1. The van der Waals surface area contributed by atoms with Crippen LogP contribution in [0.25, 0.3) is 0 Å². The van der Waals surface area contributed by atoms with Crippen LogP contribution in [0.15, 0.2) is 66.7 Å². The number of nitrogens with one attached hydrogen (secondary N) is 2. The van der Waals surface area contributed by atoms with Crippen LogP contribution in [0.1, 0.15) is 96.0 Å². The number of hydrogen-bond donors (Lipinski definition) is 6. The number of carboxylic acid groups (broad SMARTS) is 3. The van der Waals surface area contributed by atoms with Gasteiger partial charge in [0.1, 0.15) is 11.8 Å². The fraction of sp³-hybridized carbons (Fsp3) is 0.486. The van der Waals surface area contributed by atoms with Gasteiger partial charge in [0.15, 0.2) is 5.60 Å². The molecule has 0 aromatic heterocycles. The summed E-state index contributed by atoms with van der Waals surface area (Å²) in [7, 11) is 0. The monoisotopic (exact) mass is 666 g/mol. The molecule has 11 nitrogen and oxygen atoms in total. The van der Waals surface area contributed by atoms with Crippen molar-refractivity contribution in [3.8, 4) is 0 Å². The Morgan fingerprint density at radius 2 is 1.35 bits per heavy atom. The van der Waals surface area contributed by atoms with Crippen molar-refractivity contribution in [2.45, 2.75) is 108 Å². The van der Waals surface area contributed by atoms with Gasteiger partial charge in [-0.3, -0.25) is 14.4 Å². The van der Waals surface area contributed by atoms with Crippen molar-refractivity contribution in [3.05, 3.63) is 72.3 Å². The third-order valence-corrected chi connectivity index (χ3v) is 8.12. The molecule has 3 atom stereocenters. The molecule has 0 saturated heterocycles. The molecule has 0 saturated carbocycles. The lowest BCUT2D eigenvalue weighted by atomic mass is 9.82. The maximum Gasteiger partial charge on any atom is 0.337 e. The molecule has 0 unspecified atom stereocenters. The number of hydrogen-bond acceptors (Lipinski definition) is 7. The summed E-state index contributed by atoms with van der Waals surface area (Å²) in [5.41, 5.74) is -0.825. The Labute approximate surface area is 282 Å². The summed E-state index contributed by atoms with van der Waals surface area (Å²) in [4.78, 5) is 61.1. The molecular formula is C37H50N2O9. The van der Waals surface area contributed by atoms with Gasteiger partial charge >= 0.3 is 17.9 Å². The molecule has 2 rings (SSSR count).